The summed E-state index contributed by atoms with van der Waals surface area (Å²) < 4.78 is 25.1. The van der Waals surface area contributed by atoms with Crippen LogP contribution in [0.15, 0.2) is 65.6 Å². The number of aryl methyl sites for hydroxylation is 3. The number of nitrogens with one attached hydrogen (secondary N) is 1. The summed E-state index contributed by atoms with van der Waals surface area (Å²) in [5, 5.41) is 3.45. The zero-order valence-corrected chi connectivity index (χ0v) is 19.5. The lowest BCUT2D eigenvalue weighted by molar-refractivity contribution is -0.147. The van der Waals surface area contributed by atoms with Gasteiger partial charge in [-0.15, -0.1) is 0 Å². The van der Waals surface area contributed by atoms with Crippen LogP contribution in [0.3, 0.4) is 0 Å². The second kappa shape index (κ2) is 11.8. The number of aromatic nitrogens is 3. The monoisotopic (exact) mass is 465 g/mol. The van der Waals surface area contributed by atoms with Gasteiger partial charge in [0.1, 0.15) is 18.2 Å². The molecule has 0 radical (unpaired) electrons. The maximum absolute atomic E-state index is 13.0. The maximum atomic E-state index is 13.0. The fourth-order valence-electron chi connectivity index (χ4n) is 3.37. The number of nitrogens with zero attached hydrogens (tertiary/aromatic N) is 2. The lowest BCUT2D eigenvalue weighted by Crippen LogP contribution is -2.19. The van der Waals surface area contributed by atoms with E-state index in [9.17, 15) is 14.0 Å². The van der Waals surface area contributed by atoms with E-state index in [4.69, 9.17) is 9.47 Å². The fourth-order valence-corrected chi connectivity index (χ4v) is 3.37. The third kappa shape index (κ3) is 6.10. The molecule has 7 nitrogen and oxygen atoms in total. The minimum Gasteiger partial charge on any atom is -0.482 e. The molecule has 2 aromatic heterocycles. The van der Waals surface area contributed by atoms with E-state index in [2.05, 4.69) is 10.1 Å². The first-order chi connectivity index (χ1) is 16.5. The third-order valence-electron chi connectivity index (χ3n) is 5.12. The topological polar surface area (TPSA) is 86.2 Å². The number of halogens is 1. The molecule has 0 bridgehead atoms. The number of benzene rings is 2. The van der Waals surface area contributed by atoms with Gasteiger partial charge in [0, 0.05) is 18.3 Å². The summed E-state index contributed by atoms with van der Waals surface area (Å²) in [6.07, 6.45) is 2.33. The number of carbonyl (C=O) groups excluding carboxylic acids is 1. The number of H-pyrrole nitrogens is 1. The lowest BCUT2D eigenvalue weighted by Gasteiger charge is -2.09. The van der Waals surface area contributed by atoms with Gasteiger partial charge in [0.25, 0.3) is 5.56 Å². The highest BCUT2D eigenvalue weighted by Gasteiger charge is 2.16. The van der Waals surface area contributed by atoms with Crippen molar-refractivity contribution in [2.24, 2.45) is 0 Å². The largest absolute Gasteiger partial charge is 0.482 e. The molecule has 0 spiro atoms. The Bertz CT molecular complexity index is 1280. The number of esters is 1. The van der Waals surface area contributed by atoms with Crippen LogP contribution in [-0.2, 0) is 29.1 Å². The van der Waals surface area contributed by atoms with Gasteiger partial charge in [-0.05, 0) is 48.7 Å². The highest BCUT2D eigenvalue weighted by atomic mass is 19.1. The van der Waals surface area contributed by atoms with Crippen LogP contribution in [0, 0.1) is 12.7 Å². The van der Waals surface area contributed by atoms with Gasteiger partial charge < -0.3 is 9.47 Å². The van der Waals surface area contributed by atoms with E-state index in [1.807, 2.05) is 51.1 Å². The average Bonchev–Trinajstić information content (AvgIpc) is 3.19. The number of fused-ring (bicyclic) bond motifs is 1. The number of ether oxygens (including phenoxy) is 2. The van der Waals surface area contributed by atoms with Crippen molar-refractivity contribution in [3.8, 4) is 5.75 Å². The van der Waals surface area contributed by atoms with Gasteiger partial charge in [0.15, 0.2) is 12.3 Å². The Morgan fingerprint density at radius 3 is 2.50 bits per heavy atom. The molecule has 0 saturated heterocycles. The third-order valence-corrected chi connectivity index (χ3v) is 5.12. The highest BCUT2D eigenvalue weighted by Crippen LogP contribution is 2.18. The molecule has 0 aliphatic carbocycles. The van der Waals surface area contributed by atoms with Gasteiger partial charge in [0.2, 0.25) is 0 Å². The van der Waals surface area contributed by atoms with E-state index in [1.165, 1.54) is 28.9 Å². The molecule has 0 atom stereocenters. The van der Waals surface area contributed by atoms with Gasteiger partial charge in [-0.1, -0.05) is 44.2 Å². The average molecular weight is 466 g/mol. The van der Waals surface area contributed by atoms with Gasteiger partial charge in [-0.25, -0.2) is 14.2 Å². The molecule has 178 valence electrons. The normalized spacial score (nSPS) is 10.5. The first kappa shape index (κ1) is 24.7. The van der Waals surface area contributed by atoms with Crippen LogP contribution in [0.5, 0.6) is 5.75 Å². The van der Waals surface area contributed by atoms with Crippen molar-refractivity contribution in [1.82, 2.24) is 14.8 Å². The minimum absolute atomic E-state index is 0.0811. The summed E-state index contributed by atoms with van der Waals surface area (Å²) in [5.41, 5.74) is 2.71. The molecule has 0 amide bonds. The summed E-state index contributed by atoms with van der Waals surface area (Å²) in [5.74, 6) is -0.630. The Balaban J connectivity index is 0.00000158. The van der Waals surface area contributed by atoms with Gasteiger partial charge in [-0.2, -0.15) is 0 Å². The van der Waals surface area contributed by atoms with Gasteiger partial charge >= 0.3 is 5.97 Å². The quantitative estimate of drug-likeness (QED) is 0.386. The van der Waals surface area contributed by atoms with E-state index >= 15 is 0 Å². The second-order valence-electron chi connectivity index (χ2n) is 7.35. The first-order valence-corrected chi connectivity index (χ1v) is 11.2. The molecule has 1 N–H and O–H groups in total. The molecule has 34 heavy (non-hydrogen) atoms. The van der Waals surface area contributed by atoms with E-state index < -0.39 is 11.8 Å². The Morgan fingerprint density at radius 1 is 1.09 bits per heavy atom. The second-order valence-corrected chi connectivity index (χ2v) is 7.35. The molecular weight excluding hydrogens is 437 g/mol. The van der Waals surface area contributed by atoms with Gasteiger partial charge in [-0.3, -0.25) is 14.6 Å². The van der Waals surface area contributed by atoms with Crippen LogP contribution in [0.25, 0.3) is 11.0 Å². The predicted octanol–water partition coefficient (Wildman–Crippen LogP) is 4.56. The van der Waals surface area contributed by atoms with Crippen LogP contribution < -0.4 is 10.3 Å². The molecule has 8 heteroatoms. The molecular formula is C26H28FN3O4. The van der Waals surface area contributed by atoms with Crippen LogP contribution >= 0.6 is 0 Å². The van der Waals surface area contributed by atoms with E-state index in [-0.39, 0.29) is 18.8 Å². The van der Waals surface area contributed by atoms with Gasteiger partial charge in [0.05, 0.1) is 5.39 Å². The standard InChI is InChI=1S/C24H22FN3O4.C2H6/c1-16-13-26-23-22(24(30)28(27-23)12-11-17-5-3-2-4-6-17)20(16)14-32-21(29)15-31-19-9-7-18(25)8-10-19;1-2/h2-10,13H,11-12,14-15H2,1H3,(H,26,27);1-2H3. The number of rotatable bonds is 8. The molecule has 0 saturated carbocycles. The van der Waals surface area contributed by atoms with E-state index in [0.29, 0.717) is 35.3 Å². The van der Waals surface area contributed by atoms with Crippen molar-refractivity contribution in [3.63, 3.8) is 0 Å². The SMILES string of the molecule is CC.Cc1cnc2[nH]n(CCc3ccccc3)c(=O)c2c1COC(=O)COc1ccc(F)cc1. The van der Waals surface area contributed by atoms with Crippen LogP contribution in [0.4, 0.5) is 4.39 Å². The molecule has 0 aliphatic heterocycles. The first-order valence-electron chi connectivity index (χ1n) is 11.2. The summed E-state index contributed by atoms with van der Waals surface area (Å²) in [7, 11) is 0. The van der Waals surface area contributed by atoms with Crippen molar-refractivity contribution >= 4 is 17.0 Å². The van der Waals surface area contributed by atoms with Crippen molar-refractivity contribution in [1.29, 1.82) is 0 Å². The van der Waals surface area contributed by atoms with Crippen molar-refractivity contribution in [2.45, 2.75) is 40.3 Å². The molecule has 2 aromatic carbocycles. The molecule has 0 unspecified atom stereocenters. The predicted molar refractivity (Wildman–Crippen MR) is 128 cm³/mol. The molecule has 4 rings (SSSR count). The Kier molecular flexibility index (Phi) is 8.56. The van der Waals surface area contributed by atoms with Crippen molar-refractivity contribution < 1.29 is 18.7 Å². The molecule has 4 aromatic rings. The highest BCUT2D eigenvalue weighted by molar-refractivity contribution is 5.79. The lowest BCUT2D eigenvalue weighted by atomic mass is 10.1. The van der Waals surface area contributed by atoms with Crippen LogP contribution in [0.1, 0.15) is 30.5 Å². The smallest absolute Gasteiger partial charge is 0.344 e. The molecule has 0 aliphatic rings. The molecule has 0 fully saturated rings. The zero-order chi connectivity index (χ0) is 24.5. The number of aromatic amines is 1. The minimum atomic E-state index is -0.598. The zero-order valence-electron chi connectivity index (χ0n) is 19.5. The van der Waals surface area contributed by atoms with E-state index in [1.54, 1.807) is 6.20 Å². The number of hydrogen-bond acceptors (Lipinski definition) is 5. The fraction of sp³-hybridized carbons (Fsp3) is 0.269. The summed E-state index contributed by atoms with van der Waals surface area (Å²) in [6.45, 7) is 5.88. The Hall–Kier alpha value is -3.94. The van der Waals surface area contributed by atoms with Crippen molar-refractivity contribution in [2.75, 3.05) is 6.61 Å². The number of pyridine rings is 1. The maximum Gasteiger partial charge on any atom is 0.344 e. The summed E-state index contributed by atoms with van der Waals surface area (Å²) in [6, 6.07) is 15.2. The molecule has 2 heterocycles. The Labute approximate surface area is 197 Å². The van der Waals surface area contributed by atoms with Crippen LogP contribution in [-0.4, -0.2) is 27.3 Å². The summed E-state index contributed by atoms with van der Waals surface area (Å²) in [4.78, 5) is 29.4. The summed E-state index contributed by atoms with van der Waals surface area (Å²) >= 11 is 0. The van der Waals surface area contributed by atoms with E-state index in [0.717, 1.165) is 11.1 Å². The van der Waals surface area contributed by atoms with Crippen molar-refractivity contribution in [3.05, 3.63) is 93.7 Å². The number of hydrogen-bond donors (Lipinski definition) is 1. The van der Waals surface area contributed by atoms with Crippen LogP contribution in [0.2, 0.25) is 0 Å². The number of carbonyl (C=O) groups is 1. The Morgan fingerprint density at radius 2 is 1.79 bits per heavy atom.